The standard InChI is InChI=1S/C36H38N2O6/c1-38-14-12-24-19-33(42-4)35(39)36-34(24)28(38)16-21-5-8-25(9-6-21)43-31-17-22(7-10-29(31)40-2)15-27-26-20-32(44-36)30(41-3)18-23(26)11-13-37-27/h5-10,17-20,27-28,37,39H,11-16H2,1-4H3/t27-,28+/m1/s1. The van der Waals surface area contributed by atoms with Crippen LogP contribution in [0.15, 0.2) is 60.7 Å². The van der Waals surface area contributed by atoms with E-state index in [9.17, 15) is 5.11 Å². The van der Waals surface area contributed by atoms with Crippen molar-refractivity contribution in [2.45, 2.75) is 37.8 Å². The summed E-state index contributed by atoms with van der Waals surface area (Å²) < 4.78 is 30.3. The molecule has 0 aromatic heterocycles. The van der Waals surface area contributed by atoms with Gasteiger partial charge < -0.3 is 34.1 Å². The molecule has 0 aliphatic carbocycles. The number of ether oxygens (including phenoxy) is 5. The van der Waals surface area contributed by atoms with Crippen LogP contribution in [0.5, 0.6) is 46.0 Å². The van der Waals surface area contributed by atoms with Gasteiger partial charge in [-0.25, -0.2) is 0 Å². The molecule has 0 unspecified atom stereocenters. The number of methoxy groups -OCH3 is 3. The van der Waals surface area contributed by atoms with Gasteiger partial charge in [0.25, 0.3) is 0 Å². The van der Waals surface area contributed by atoms with Crippen LogP contribution >= 0.6 is 0 Å². The van der Waals surface area contributed by atoms with Crippen LogP contribution in [0.3, 0.4) is 0 Å². The molecule has 228 valence electrons. The molecule has 8 nitrogen and oxygen atoms in total. The van der Waals surface area contributed by atoms with Crippen LogP contribution in [-0.2, 0) is 25.7 Å². The molecule has 0 amide bonds. The van der Waals surface area contributed by atoms with Crippen LogP contribution in [0, 0.1) is 0 Å². The summed E-state index contributed by atoms with van der Waals surface area (Å²) in [7, 11) is 7.02. The van der Waals surface area contributed by atoms with Gasteiger partial charge in [0.1, 0.15) is 5.75 Å². The summed E-state index contributed by atoms with van der Waals surface area (Å²) in [5.74, 6) is 4.11. The van der Waals surface area contributed by atoms with Gasteiger partial charge in [0, 0.05) is 24.2 Å². The van der Waals surface area contributed by atoms with E-state index < -0.39 is 0 Å². The van der Waals surface area contributed by atoms with Crippen molar-refractivity contribution in [1.29, 1.82) is 0 Å². The number of benzene rings is 4. The van der Waals surface area contributed by atoms with E-state index in [1.807, 2.05) is 24.3 Å². The molecule has 4 aromatic carbocycles. The maximum absolute atomic E-state index is 11.6. The maximum atomic E-state index is 11.6. The highest BCUT2D eigenvalue weighted by Gasteiger charge is 2.33. The monoisotopic (exact) mass is 594 g/mol. The number of rotatable bonds is 3. The minimum absolute atomic E-state index is 0.00934. The van der Waals surface area contributed by atoms with Gasteiger partial charge in [0.15, 0.2) is 34.5 Å². The molecule has 0 spiro atoms. The average Bonchev–Trinajstić information content (AvgIpc) is 3.04. The van der Waals surface area contributed by atoms with Crippen LogP contribution in [0.4, 0.5) is 0 Å². The first-order valence-electron chi connectivity index (χ1n) is 15.1. The molecule has 0 saturated heterocycles. The summed E-state index contributed by atoms with van der Waals surface area (Å²) in [5, 5.41) is 15.3. The predicted molar refractivity (Wildman–Crippen MR) is 168 cm³/mol. The Kier molecular flexibility index (Phi) is 7.48. The quantitative estimate of drug-likeness (QED) is 0.278. The van der Waals surface area contributed by atoms with Crippen molar-refractivity contribution in [3.8, 4) is 46.0 Å². The molecule has 6 bridgehead atoms. The Morgan fingerprint density at radius 1 is 0.773 bits per heavy atom. The highest BCUT2D eigenvalue weighted by atomic mass is 16.5. The molecule has 4 aromatic rings. The molecular weight excluding hydrogens is 556 g/mol. The number of likely N-dealkylation sites (N-methyl/N-ethyl adjacent to an activating group) is 1. The Morgan fingerprint density at radius 3 is 2.27 bits per heavy atom. The highest BCUT2D eigenvalue weighted by molar-refractivity contribution is 5.63. The predicted octanol–water partition coefficient (Wildman–Crippen LogP) is 6.52. The molecule has 4 heterocycles. The van der Waals surface area contributed by atoms with Gasteiger partial charge in [0.2, 0.25) is 5.75 Å². The molecule has 8 rings (SSSR count). The second-order valence-electron chi connectivity index (χ2n) is 11.8. The number of aromatic hydroxyl groups is 1. The second-order valence-corrected chi connectivity index (χ2v) is 11.8. The maximum Gasteiger partial charge on any atom is 0.201 e. The van der Waals surface area contributed by atoms with E-state index in [-0.39, 0.29) is 17.8 Å². The Bertz CT molecular complexity index is 1700. The van der Waals surface area contributed by atoms with Gasteiger partial charge in [-0.1, -0.05) is 18.2 Å². The highest BCUT2D eigenvalue weighted by Crippen LogP contribution is 2.51. The number of phenolic OH excluding ortho intramolecular Hbond substituents is 1. The SMILES string of the molecule is COc1ccc2cc1Oc1ccc(cc1)C[C@H]1c3c(cc(OC)c(O)c3Oc3cc4c(cc3OC)CCN[C@@H]4C2)CCN1C. The Hall–Kier alpha value is -4.40. The summed E-state index contributed by atoms with van der Waals surface area (Å²) in [4.78, 5) is 2.32. The lowest BCUT2D eigenvalue weighted by atomic mass is 9.87. The van der Waals surface area contributed by atoms with Crippen LogP contribution in [0.2, 0.25) is 0 Å². The molecule has 4 aliphatic heterocycles. The zero-order valence-electron chi connectivity index (χ0n) is 25.6. The fourth-order valence-electron chi connectivity index (χ4n) is 6.84. The van der Waals surface area contributed by atoms with Gasteiger partial charge in [-0.15, -0.1) is 0 Å². The number of nitrogens with zero attached hydrogens (tertiary/aromatic N) is 1. The summed E-state index contributed by atoms with van der Waals surface area (Å²) >= 11 is 0. The molecule has 0 fully saturated rings. The summed E-state index contributed by atoms with van der Waals surface area (Å²) in [6, 6.07) is 20.4. The van der Waals surface area contributed by atoms with Crippen molar-refractivity contribution in [3.05, 3.63) is 94.0 Å². The van der Waals surface area contributed by atoms with Crippen molar-refractivity contribution >= 4 is 0 Å². The number of fused-ring (bicyclic) bond motifs is 2. The lowest BCUT2D eigenvalue weighted by molar-refractivity contribution is 0.221. The Balaban J connectivity index is 1.43. The van der Waals surface area contributed by atoms with Crippen molar-refractivity contribution in [1.82, 2.24) is 10.2 Å². The average molecular weight is 595 g/mol. The van der Waals surface area contributed by atoms with Crippen molar-refractivity contribution in [3.63, 3.8) is 0 Å². The molecular formula is C36H38N2O6. The summed E-state index contributed by atoms with van der Waals surface area (Å²) in [6.45, 7) is 1.73. The first-order chi connectivity index (χ1) is 21.4. The summed E-state index contributed by atoms with van der Waals surface area (Å²) in [5.41, 5.74) is 6.69. The fourth-order valence-corrected chi connectivity index (χ4v) is 6.84. The van der Waals surface area contributed by atoms with E-state index in [2.05, 4.69) is 53.7 Å². The third-order valence-corrected chi connectivity index (χ3v) is 9.21. The van der Waals surface area contributed by atoms with Gasteiger partial charge >= 0.3 is 0 Å². The molecule has 0 saturated carbocycles. The molecule has 2 N–H and O–H groups in total. The Labute approximate surface area is 258 Å². The first kappa shape index (κ1) is 28.4. The molecule has 0 radical (unpaired) electrons. The molecule has 2 atom stereocenters. The number of hydrogen-bond acceptors (Lipinski definition) is 8. The second kappa shape index (κ2) is 11.6. The third kappa shape index (κ3) is 5.08. The lowest BCUT2D eigenvalue weighted by Gasteiger charge is -2.36. The van der Waals surface area contributed by atoms with Crippen molar-refractivity contribution in [2.75, 3.05) is 41.5 Å². The zero-order chi connectivity index (χ0) is 30.4. The smallest absolute Gasteiger partial charge is 0.201 e. The van der Waals surface area contributed by atoms with E-state index in [1.165, 1.54) is 5.56 Å². The van der Waals surface area contributed by atoms with Gasteiger partial charge in [-0.3, -0.25) is 4.90 Å². The van der Waals surface area contributed by atoms with E-state index >= 15 is 0 Å². The van der Waals surface area contributed by atoms with Crippen molar-refractivity contribution in [2.24, 2.45) is 0 Å². The first-order valence-corrected chi connectivity index (χ1v) is 15.1. The molecule has 4 aliphatic rings. The molecule has 8 heteroatoms. The van der Waals surface area contributed by atoms with Crippen LogP contribution in [-0.4, -0.2) is 51.5 Å². The van der Waals surface area contributed by atoms with Crippen molar-refractivity contribution < 1.29 is 28.8 Å². The van der Waals surface area contributed by atoms with E-state index in [0.717, 1.165) is 72.3 Å². The van der Waals surface area contributed by atoms with Crippen LogP contribution in [0.1, 0.15) is 45.5 Å². The summed E-state index contributed by atoms with van der Waals surface area (Å²) in [6.07, 6.45) is 3.15. The topological polar surface area (TPSA) is 81.7 Å². The molecule has 44 heavy (non-hydrogen) atoms. The number of phenols is 1. The fraction of sp³-hybridized carbons (Fsp3) is 0.333. The Morgan fingerprint density at radius 2 is 1.50 bits per heavy atom. The lowest BCUT2D eigenvalue weighted by Crippen LogP contribution is -2.34. The minimum atomic E-state index is -0.0361. The zero-order valence-corrected chi connectivity index (χ0v) is 25.6. The van der Waals surface area contributed by atoms with E-state index in [1.54, 1.807) is 21.3 Å². The number of hydrogen-bond donors (Lipinski definition) is 2. The van der Waals surface area contributed by atoms with E-state index in [0.29, 0.717) is 34.5 Å². The van der Waals surface area contributed by atoms with Gasteiger partial charge in [-0.2, -0.15) is 0 Å². The van der Waals surface area contributed by atoms with Crippen LogP contribution < -0.4 is 29.0 Å². The van der Waals surface area contributed by atoms with Gasteiger partial charge in [-0.05, 0) is 110 Å². The van der Waals surface area contributed by atoms with Crippen LogP contribution in [0.25, 0.3) is 0 Å². The largest absolute Gasteiger partial charge is 0.502 e. The minimum Gasteiger partial charge on any atom is -0.502 e. The normalized spacial score (nSPS) is 19.1. The number of nitrogens with one attached hydrogen (secondary N) is 1. The third-order valence-electron chi connectivity index (χ3n) is 9.21. The van der Waals surface area contributed by atoms with Gasteiger partial charge in [0.05, 0.1) is 21.3 Å². The van der Waals surface area contributed by atoms with E-state index in [4.69, 9.17) is 23.7 Å².